The minimum absolute atomic E-state index is 0.0127. The molecule has 3 nitrogen and oxygen atoms in total. The van der Waals surface area contributed by atoms with Crippen molar-refractivity contribution in [2.75, 3.05) is 0 Å². The van der Waals surface area contributed by atoms with Crippen molar-refractivity contribution < 1.29 is 4.79 Å². The Kier molecular flexibility index (Phi) is 2.25. The van der Waals surface area contributed by atoms with E-state index in [4.69, 9.17) is 0 Å². The monoisotopic (exact) mass is 190 g/mol. The van der Waals surface area contributed by atoms with E-state index >= 15 is 0 Å². The van der Waals surface area contributed by atoms with Crippen LogP contribution in [0.4, 0.5) is 0 Å². The third-order valence-electron chi connectivity index (χ3n) is 2.29. The Hall–Kier alpha value is -1.35. The molecule has 0 bridgehead atoms. The molecule has 3 heteroatoms. The zero-order valence-electron chi connectivity index (χ0n) is 8.37. The van der Waals surface area contributed by atoms with Gasteiger partial charge < -0.3 is 5.32 Å². The Balaban J connectivity index is 2.30. The zero-order valence-corrected chi connectivity index (χ0v) is 8.37. The summed E-state index contributed by atoms with van der Waals surface area (Å²) < 4.78 is 0. The average molecular weight is 190 g/mol. The summed E-state index contributed by atoms with van der Waals surface area (Å²) in [5, 5.41) is 6.20. The molecular weight excluding hydrogens is 176 g/mol. The van der Waals surface area contributed by atoms with Gasteiger partial charge in [0.25, 0.3) is 5.91 Å². The number of nitrogens with one attached hydrogen (secondary N) is 2. The van der Waals surface area contributed by atoms with Gasteiger partial charge in [-0.1, -0.05) is 18.2 Å². The van der Waals surface area contributed by atoms with E-state index in [2.05, 4.69) is 24.5 Å². The molecule has 0 fully saturated rings. The molecule has 2 rings (SSSR count). The van der Waals surface area contributed by atoms with Gasteiger partial charge in [-0.25, -0.2) is 0 Å². The number of carbonyl (C=O) groups is 1. The predicted octanol–water partition coefficient (Wildman–Crippen LogP) is 1.43. The van der Waals surface area contributed by atoms with Crippen LogP contribution in [-0.2, 0) is 0 Å². The fourth-order valence-corrected chi connectivity index (χ4v) is 1.71. The second-order valence-electron chi connectivity index (χ2n) is 3.82. The van der Waals surface area contributed by atoms with Gasteiger partial charge in [0.1, 0.15) is 6.17 Å². The van der Waals surface area contributed by atoms with Gasteiger partial charge in [0, 0.05) is 17.2 Å². The van der Waals surface area contributed by atoms with Crippen molar-refractivity contribution in [3.8, 4) is 0 Å². The van der Waals surface area contributed by atoms with Crippen LogP contribution in [0.5, 0.6) is 0 Å². The zero-order chi connectivity index (χ0) is 10.1. The number of hydrogen-bond acceptors (Lipinski definition) is 2. The molecule has 1 aromatic carbocycles. The van der Waals surface area contributed by atoms with Crippen LogP contribution in [-0.4, -0.2) is 11.9 Å². The molecule has 1 amide bonds. The van der Waals surface area contributed by atoms with E-state index in [1.807, 2.05) is 24.3 Å². The molecule has 14 heavy (non-hydrogen) atoms. The quantitative estimate of drug-likeness (QED) is 0.740. The molecule has 0 spiro atoms. The van der Waals surface area contributed by atoms with Crippen molar-refractivity contribution >= 4 is 5.91 Å². The summed E-state index contributed by atoms with van der Waals surface area (Å²) in [7, 11) is 0. The first-order chi connectivity index (χ1) is 6.68. The fourth-order valence-electron chi connectivity index (χ4n) is 1.71. The summed E-state index contributed by atoms with van der Waals surface area (Å²) in [5.41, 5.74) is 1.83. The summed E-state index contributed by atoms with van der Waals surface area (Å²) in [4.78, 5) is 11.5. The second-order valence-corrected chi connectivity index (χ2v) is 3.82. The van der Waals surface area contributed by atoms with E-state index in [0.717, 1.165) is 11.1 Å². The molecular formula is C11H14N2O. The van der Waals surface area contributed by atoms with Gasteiger partial charge in [-0.15, -0.1) is 0 Å². The van der Waals surface area contributed by atoms with Crippen molar-refractivity contribution in [1.82, 2.24) is 10.6 Å². The highest BCUT2D eigenvalue weighted by atomic mass is 16.2. The Labute approximate surface area is 83.5 Å². The van der Waals surface area contributed by atoms with Crippen LogP contribution in [0.1, 0.15) is 35.9 Å². The molecule has 1 atom stereocenters. The van der Waals surface area contributed by atoms with Gasteiger partial charge in [-0.3, -0.25) is 10.1 Å². The first-order valence-electron chi connectivity index (χ1n) is 4.84. The minimum Gasteiger partial charge on any atom is -0.333 e. The Morgan fingerprint density at radius 3 is 2.79 bits per heavy atom. The lowest BCUT2D eigenvalue weighted by Gasteiger charge is -2.16. The maximum absolute atomic E-state index is 11.5. The molecule has 1 aliphatic rings. The van der Waals surface area contributed by atoms with Crippen LogP contribution < -0.4 is 10.6 Å². The van der Waals surface area contributed by atoms with E-state index in [-0.39, 0.29) is 12.1 Å². The molecule has 2 N–H and O–H groups in total. The molecule has 0 saturated carbocycles. The molecule has 0 saturated heterocycles. The molecule has 1 heterocycles. The van der Waals surface area contributed by atoms with Crippen molar-refractivity contribution in [2.45, 2.75) is 26.1 Å². The van der Waals surface area contributed by atoms with Gasteiger partial charge in [0.2, 0.25) is 0 Å². The van der Waals surface area contributed by atoms with Gasteiger partial charge in [-0.2, -0.15) is 0 Å². The Bertz CT molecular complexity index is 360. The summed E-state index contributed by atoms with van der Waals surface area (Å²) in [5.74, 6) is 0.0127. The number of amides is 1. The maximum Gasteiger partial charge on any atom is 0.253 e. The minimum atomic E-state index is -0.0290. The lowest BCUT2D eigenvalue weighted by molar-refractivity contribution is 0.0950. The first-order valence-corrected chi connectivity index (χ1v) is 4.84. The molecule has 0 radical (unpaired) electrons. The van der Waals surface area contributed by atoms with Crippen molar-refractivity contribution in [2.24, 2.45) is 0 Å². The summed E-state index contributed by atoms with van der Waals surface area (Å²) in [6, 6.07) is 8.02. The molecule has 1 unspecified atom stereocenters. The normalized spacial score (nSPS) is 19.6. The third kappa shape index (κ3) is 1.51. The smallest absolute Gasteiger partial charge is 0.253 e. The van der Waals surface area contributed by atoms with Gasteiger partial charge in [0.05, 0.1) is 0 Å². The average Bonchev–Trinajstić information content (AvgIpc) is 2.44. The van der Waals surface area contributed by atoms with Crippen LogP contribution in [0.3, 0.4) is 0 Å². The molecule has 0 aliphatic carbocycles. The van der Waals surface area contributed by atoms with Crippen LogP contribution in [0, 0.1) is 0 Å². The third-order valence-corrected chi connectivity index (χ3v) is 2.29. The second kappa shape index (κ2) is 3.42. The lowest BCUT2D eigenvalue weighted by atomic mass is 10.1. The summed E-state index contributed by atoms with van der Waals surface area (Å²) >= 11 is 0. The summed E-state index contributed by atoms with van der Waals surface area (Å²) in [6.07, 6.45) is -0.0290. The van der Waals surface area contributed by atoms with Gasteiger partial charge in [0.15, 0.2) is 0 Å². The van der Waals surface area contributed by atoms with Gasteiger partial charge in [-0.05, 0) is 19.9 Å². The van der Waals surface area contributed by atoms with Crippen molar-refractivity contribution in [3.05, 3.63) is 35.4 Å². The molecule has 1 aromatic rings. The van der Waals surface area contributed by atoms with Crippen LogP contribution in [0.2, 0.25) is 0 Å². The van der Waals surface area contributed by atoms with Gasteiger partial charge >= 0.3 is 0 Å². The number of carbonyl (C=O) groups excluding carboxylic acids is 1. The maximum atomic E-state index is 11.5. The van der Waals surface area contributed by atoms with Crippen molar-refractivity contribution in [3.63, 3.8) is 0 Å². The Morgan fingerprint density at radius 2 is 2.07 bits per heavy atom. The standard InChI is InChI=1S/C11H14N2O/c1-7(2)12-10-8-5-3-4-6-9(8)11(14)13-10/h3-7,10,12H,1-2H3,(H,13,14). The van der Waals surface area contributed by atoms with Crippen molar-refractivity contribution in [1.29, 1.82) is 0 Å². The topological polar surface area (TPSA) is 41.1 Å². The number of rotatable bonds is 2. The highest BCUT2D eigenvalue weighted by Crippen LogP contribution is 2.22. The number of fused-ring (bicyclic) bond motifs is 1. The van der Waals surface area contributed by atoms with Crippen LogP contribution in [0.25, 0.3) is 0 Å². The predicted molar refractivity (Wildman–Crippen MR) is 54.9 cm³/mol. The van der Waals surface area contributed by atoms with E-state index in [9.17, 15) is 4.79 Å². The Morgan fingerprint density at radius 1 is 1.36 bits per heavy atom. The fraction of sp³-hybridized carbons (Fsp3) is 0.364. The highest BCUT2D eigenvalue weighted by Gasteiger charge is 2.27. The van der Waals surface area contributed by atoms with E-state index in [1.54, 1.807) is 0 Å². The molecule has 0 aromatic heterocycles. The molecule has 1 aliphatic heterocycles. The number of benzene rings is 1. The highest BCUT2D eigenvalue weighted by molar-refractivity contribution is 5.99. The lowest BCUT2D eigenvalue weighted by Crippen LogP contribution is -2.35. The largest absolute Gasteiger partial charge is 0.333 e. The van der Waals surface area contributed by atoms with Crippen LogP contribution in [0.15, 0.2) is 24.3 Å². The SMILES string of the molecule is CC(C)NC1NC(=O)c2ccccc21. The van der Waals surface area contributed by atoms with E-state index < -0.39 is 0 Å². The van der Waals surface area contributed by atoms with Crippen LogP contribution >= 0.6 is 0 Å². The number of hydrogen-bond donors (Lipinski definition) is 2. The van der Waals surface area contributed by atoms with E-state index in [1.165, 1.54) is 0 Å². The van der Waals surface area contributed by atoms with E-state index in [0.29, 0.717) is 6.04 Å². The first kappa shape index (κ1) is 9.21. The molecule has 74 valence electrons. The summed E-state index contributed by atoms with van der Waals surface area (Å²) in [6.45, 7) is 4.13.